The van der Waals surface area contributed by atoms with E-state index in [1.807, 2.05) is 18.4 Å². The Hall–Kier alpha value is -0.810. The summed E-state index contributed by atoms with van der Waals surface area (Å²) in [5, 5.41) is 2.77. The lowest BCUT2D eigenvalue weighted by Crippen LogP contribution is -2.21. The van der Waals surface area contributed by atoms with Crippen molar-refractivity contribution in [2.45, 2.75) is 32.5 Å². The molecule has 2 rings (SSSR count). The molecule has 0 aliphatic heterocycles. The summed E-state index contributed by atoms with van der Waals surface area (Å²) >= 11 is 3.14. The van der Waals surface area contributed by atoms with Crippen LogP contribution in [0, 0.1) is 5.92 Å². The normalized spacial score (nSPS) is 11.5. The van der Waals surface area contributed by atoms with E-state index in [1.165, 1.54) is 11.3 Å². The number of hydrogen-bond acceptors (Lipinski definition) is 4. The van der Waals surface area contributed by atoms with E-state index in [4.69, 9.17) is 0 Å². The van der Waals surface area contributed by atoms with Gasteiger partial charge in [-0.15, -0.1) is 11.3 Å². The van der Waals surface area contributed by atoms with E-state index in [2.05, 4.69) is 18.8 Å². The molecule has 0 atom stereocenters. The maximum Gasteiger partial charge on any atom is 0.272 e. The average Bonchev–Trinajstić information content (AvgIpc) is 2.74. The molecule has 3 nitrogen and oxygen atoms in total. The lowest BCUT2D eigenvalue weighted by molar-refractivity contribution is 0.633. The second-order valence-corrected chi connectivity index (χ2v) is 6.19. The smallest absolute Gasteiger partial charge is 0.272 e. The van der Waals surface area contributed by atoms with Crippen LogP contribution in [0.5, 0.6) is 0 Å². The number of hydrogen-bond donors (Lipinski definition) is 0. The molecule has 0 aliphatic carbocycles. The Morgan fingerprint density at radius 1 is 1.53 bits per heavy atom. The number of nitrogens with zero attached hydrogens (tertiary/aromatic N) is 2. The number of rotatable bonds is 4. The van der Waals surface area contributed by atoms with Crippen LogP contribution in [0.25, 0.3) is 10.2 Å². The van der Waals surface area contributed by atoms with Crippen molar-refractivity contribution in [3.05, 3.63) is 21.8 Å². The first-order valence-corrected chi connectivity index (χ1v) is 7.60. The molecule has 92 valence electrons. The van der Waals surface area contributed by atoms with Gasteiger partial charge in [-0.3, -0.25) is 9.36 Å². The third-order valence-corrected chi connectivity index (χ3v) is 4.69. The molecule has 0 saturated heterocycles. The third kappa shape index (κ3) is 2.55. The van der Waals surface area contributed by atoms with E-state index in [0.29, 0.717) is 12.5 Å². The predicted molar refractivity (Wildman–Crippen MR) is 75.1 cm³/mol. The zero-order valence-electron chi connectivity index (χ0n) is 10.3. The SMILES string of the molecule is CCn1c(SCC(C)C)nc2ccsc2c1=O. The van der Waals surface area contributed by atoms with Gasteiger partial charge in [-0.2, -0.15) is 0 Å². The van der Waals surface area contributed by atoms with E-state index in [-0.39, 0.29) is 5.56 Å². The van der Waals surface area contributed by atoms with Gasteiger partial charge in [0.25, 0.3) is 5.56 Å². The van der Waals surface area contributed by atoms with Gasteiger partial charge < -0.3 is 0 Å². The van der Waals surface area contributed by atoms with Crippen LogP contribution in [0.4, 0.5) is 0 Å². The molecule has 0 saturated carbocycles. The topological polar surface area (TPSA) is 34.9 Å². The van der Waals surface area contributed by atoms with E-state index in [9.17, 15) is 4.79 Å². The average molecular weight is 268 g/mol. The summed E-state index contributed by atoms with van der Waals surface area (Å²) in [6, 6.07) is 1.92. The summed E-state index contributed by atoms with van der Waals surface area (Å²) in [6.07, 6.45) is 0. The monoisotopic (exact) mass is 268 g/mol. The van der Waals surface area contributed by atoms with Crippen LogP contribution in [0.15, 0.2) is 21.4 Å². The molecule has 2 aromatic heterocycles. The van der Waals surface area contributed by atoms with Gasteiger partial charge in [0.05, 0.1) is 5.52 Å². The zero-order chi connectivity index (χ0) is 12.4. The van der Waals surface area contributed by atoms with Gasteiger partial charge in [-0.1, -0.05) is 25.6 Å². The Bertz CT molecular complexity index is 571. The lowest BCUT2D eigenvalue weighted by atomic mass is 10.3. The molecule has 2 aromatic rings. The molecule has 0 radical (unpaired) electrons. The highest BCUT2D eigenvalue weighted by Gasteiger charge is 2.11. The second kappa shape index (κ2) is 5.23. The molecule has 0 unspecified atom stereocenters. The Balaban J connectivity index is 2.49. The van der Waals surface area contributed by atoms with Crippen molar-refractivity contribution in [3.8, 4) is 0 Å². The van der Waals surface area contributed by atoms with Crippen LogP contribution in [0.2, 0.25) is 0 Å². The predicted octanol–water partition coefficient (Wildman–Crippen LogP) is 3.23. The molecule has 17 heavy (non-hydrogen) atoms. The quantitative estimate of drug-likeness (QED) is 0.631. The highest BCUT2D eigenvalue weighted by atomic mass is 32.2. The highest BCUT2D eigenvalue weighted by Crippen LogP contribution is 2.22. The summed E-state index contributed by atoms with van der Waals surface area (Å²) in [7, 11) is 0. The Kier molecular flexibility index (Phi) is 3.89. The summed E-state index contributed by atoms with van der Waals surface area (Å²) in [4.78, 5) is 16.8. The molecule has 0 amide bonds. The largest absolute Gasteiger partial charge is 0.287 e. The fourth-order valence-corrected chi connectivity index (χ4v) is 3.35. The van der Waals surface area contributed by atoms with Crippen molar-refractivity contribution < 1.29 is 0 Å². The minimum atomic E-state index is 0.0961. The summed E-state index contributed by atoms with van der Waals surface area (Å²) in [6.45, 7) is 7.01. The summed E-state index contributed by atoms with van der Waals surface area (Å²) < 4.78 is 2.53. The van der Waals surface area contributed by atoms with Gasteiger partial charge in [0.2, 0.25) is 0 Å². The number of aromatic nitrogens is 2. The number of thioether (sulfide) groups is 1. The second-order valence-electron chi connectivity index (χ2n) is 4.28. The fraction of sp³-hybridized carbons (Fsp3) is 0.500. The first kappa shape index (κ1) is 12.6. The third-order valence-electron chi connectivity index (χ3n) is 2.39. The molecule has 0 spiro atoms. The molecule has 0 N–H and O–H groups in total. The Morgan fingerprint density at radius 3 is 2.94 bits per heavy atom. The van der Waals surface area contributed by atoms with Gasteiger partial charge in [0.1, 0.15) is 4.70 Å². The Morgan fingerprint density at radius 2 is 2.29 bits per heavy atom. The highest BCUT2D eigenvalue weighted by molar-refractivity contribution is 7.99. The van der Waals surface area contributed by atoms with Crippen molar-refractivity contribution in [1.82, 2.24) is 9.55 Å². The maximum atomic E-state index is 12.2. The molecular weight excluding hydrogens is 252 g/mol. The first-order valence-electron chi connectivity index (χ1n) is 5.74. The van der Waals surface area contributed by atoms with E-state index < -0.39 is 0 Å². The van der Waals surface area contributed by atoms with Crippen molar-refractivity contribution in [1.29, 1.82) is 0 Å². The van der Waals surface area contributed by atoms with Crippen LogP contribution in [0.3, 0.4) is 0 Å². The van der Waals surface area contributed by atoms with Crippen LogP contribution in [-0.2, 0) is 6.54 Å². The van der Waals surface area contributed by atoms with Crippen LogP contribution in [0.1, 0.15) is 20.8 Å². The molecule has 0 aliphatic rings. The van der Waals surface area contributed by atoms with Crippen LogP contribution in [-0.4, -0.2) is 15.3 Å². The fourth-order valence-electron chi connectivity index (χ4n) is 1.55. The van der Waals surface area contributed by atoms with Gasteiger partial charge in [-0.25, -0.2) is 4.98 Å². The van der Waals surface area contributed by atoms with Gasteiger partial charge >= 0.3 is 0 Å². The maximum absolute atomic E-state index is 12.2. The number of fused-ring (bicyclic) bond motifs is 1. The molecule has 2 heterocycles. The van der Waals surface area contributed by atoms with Crippen molar-refractivity contribution in [3.63, 3.8) is 0 Å². The molecule has 5 heteroatoms. The summed E-state index contributed by atoms with van der Waals surface area (Å²) in [5.74, 6) is 1.59. The van der Waals surface area contributed by atoms with Crippen LogP contribution >= 0.6 is 23.1 Å². The lowest BCUT2D eigenvalue weighted by Gasteiger charge is -2.10. The van der Waals surface area contributed by atoms with Gasteiger partial charge in [0.15, 0.2) is 5.16 Å². The molecule has 0 aromatic carbocycles. The minimum absolute atomic E-state index is 0.0961. The van der Waals surface area contributed by atoms with E-state index in [0.717, 1.165) is 21.1 Å². The molecule has 0 fully saturated rings. The Labute approximate surface area is 109 Å². The first-order chi connectivity index (χ1) is 8.13. The van der Waals surface area contributed by atoms with Crippen LogP contribution < -0.4 is 5.56 Å². The van der Waals surface area contributed by atoms with Crippen molar-refractivity contribution in [2.24, 2.45) is 5.92 Å². The molecule has 0 bridgehead atoms. The van der Waals surface area contributed by atoms with Gasteiger partial charge in [0, 0.05) is 12.3 Å². The number of thiophene rings is 1. The zero-order valence-corrected chi connectivity index (χ0v) is 11.9. The van der Waals surface area contributed by atoms with E-state index >= 15 is 0 Å². The van der Waals surface area contributed by atoms with E-state index in [1.54, 1.807) is 16.3 Å². The summed E-state index contributed by atoms with van der Waals surface area (Å²) in [5.41, 5.74) is 0.926. The minimum Gasteiger partial charge on any atom is -0.287 e. The van der Waals surface area contributed by atoms with Crippen molar-refractivity contribution in [2.75, 3.05) is 5.75 Å². The van der Waals surface area contributed by atoms with Gasteiger partial charge in [-0.05, 0) is 24.3 Å². The molecular formula is C12H16N2OS2. The van der Waals surface area contributed by atoms with Crippen molar-refractivity contribution >= 4 is 33.3 Å². The standard InChI is InChI=1S/C12H16N2OS2/c1-4-14-11(15)10-9(5-6-16-10)13-12(14)17-7-8(2)3/h5-6,8H,4,7H2,1-3H3.